The number of aromatic nitrogens is 2. The van der Waals surface area contributed by atoms with Crippen molar-refractivity contribution in [1.82, 2.24) is 9.55 Å². The van der Waals surface area contributed by atoms with Crippen LogP contribution in [-0.2, 0) is 37.3 Å². The first-order valence-corrected chi connectivity index (χ1v) is 20.1. The van der Waals surface area contributed by atoms with Gasteiger partial charge in [-0.15, -0.1) is 48.1 Å². The molecule has 0 bridgehead atoms. The van der Waals surface area contributed by atoms with Crippen LogP contribution in [0.1, 0.15) is 77.6 Å². The monoisotopic (exact) mass is 952 g/mol. The average Bonchev–Trinajstić information content (AvgIpc) is 3.76. The van der Waals surface area contributed by atoms with E-state index in [-0.39, 0.29) is 37.3 Å². The molecule has 5 nitrogen and oxygen atoms in total. The summed E-state index contributed by atoms with van der Waals surface area (Å²) >= 11 is 0. The second-order valence-electron chi connectivity index (χ2n) is 17.9. The van der Waals surface area contributed by atoms with E-state index in [0.29, 0.717) is 11.5 Å². The number of nitrogens with zero attached hydrogens (tertiary/aromatic N) is 4. The number of pyridine rings is 1. The van der Waals surface area contributed by atoms with Crippen molar-refractivity contribution in [2.24, 2.45) is 0 Å². The molecule has 6 aromatic carbocycles. The smallest absolute Gasteiger partial charge is 0.135 e. The van der Waals surface area contributed by atoms with Gasteiger partial charge in [0.2, 0.25) is 0 Å². The standard InChI is InChI=1S/C53H49N4O.Pt/c1-51(2,3)37-18-14-19-40(30-37)55-35-56(48-23-13-12-22-47(48)55)41-20-15-21-42(33-41)58-43-25-26-44-45-31-38(52(4,5)6)24-27-46(45)57(49(44)34-43)50-32-39(28-29-54-50)53(7,8)36-16-10-9-11-17-36;/h9-32,35H,1-8H3;/q-3;. The second kappa shape index (κ2) is 15.2. The van der Waals surface area contributed by atoms with Crippen molar-refractivity contribution in [3.63, 3.8) is 0 Å². The van der Waals surface area contributed by atoms with Crippen molar-refractivity contribution in [3.8, 4) is 17.3 Å². The normalized spacial score (nSPS) is 13.2. The molecular formula is C53H49N4OPt-3. The topological polar surface area (TPSA) is 33.5 Å². The third kappa shape index (κ3) is 7.47. The summed E-state index contributed by atoms with van der Waals surface area (Å²) < 4.78 is 8.87. The van der Waals surface area contributed by atoms with Crippen molar-refractivity contribution in [1.29, 1.82) is 0 Å². The minimum atomic E-state index is -0.225. The molecule has 1 aliphatic heterocycles. The van der Waals surface area contributed by atoms with E-state index >= 15 is 0 Å². The molecule has 0 saturated carbocycles. The van der Waals surface area contributed by atoms with E-state index < -0.39 is 0 Å². The third-order valence-electron chi connectivity index (χ3n) is 11.6. The van der Waals surface area contributed by atoms with Crippen molar-refractivity contribution < 1.29 is 25.8 Å². The van der Waals surface area contributed by atoms with Crippen LogP contribution in [0.2, 0.25) is 0 Å². The molecule has 0 spiro atoms. The molecule has 9 rings (SSSR count). The molecule has 0 atom stereocenters. The zero-order valence-electron chi connectivity index (χ0n) is 34.9. The molecule has 1 aliphatic rings. The van der Waals surface area contributed by atoms with Crippen LogP contribution in [0.3, 0.4) is 0 Å². The van der Waals surface area contributed by atoms with E-state index in [9.17, 15) is 0 Å². The number of ether oxygens (including phenoxy) is 1. The molecule has 2 aromatic heterocycles. The molecule has 0 N–H and O–H groups in total. The molecule has 0 amide bonds. The van der Waals surface area contributed by atoms with E-state index in [0.717, 1.165) is 50.4 Å². The quantitative estimate of drug-likeness (QED) is 0.149. The Balaban J connectivity index is 0.00000484. The van der Waals surface area contributed by atoms with E-state index in [1.807, 2.05) is 24.4 Å². The summed E-state index contributed by atoms with van der Waals surface area (Å²) in [4.78, 5) is 9.41. The molecule has 0 saturated heterocycles. The van der Waals surface area contributed by atoms with Gasteiger partial charge in [-0.3, -0.25) is 0 Å². The predicted octanol–water partition coefficient (Wildman–Crippen LogP) is 13.9. The minimum Gasteiger partial charge on any atom is -0.509 e. The number of hydrogen-bond acceptors (Lipinski definition) is 4. The Bertz CT molecular complexity index is 2810. The van der Waals surface area contributed by atoms with Gasteiger partial charge in [-0.25, -0.2) is 4.98 Å². The maximum Gasteiger partial charge on any atom is 0.135 e. The Hall–Kier alpha value is -5.64. The van der Waals surface area contributed by atoms with Gasteiger partial charge in [0, 0.05) is 66.8 Å². The Morgan fingerprint density at radius 2 is 1.20 bits per heavy atom. The number of hydrogen-bond donors (Lipinski definition) is 0. The van der Waals surface area contributed by atoms with Crippen molar-refractivity contribution in [2.45, 2.75) is 71.6 Å². The van der Waals surface area contributed by atoms with Crippen LogP contribution in [0, 0.1) is 18.8 Å². The Morgan fingerprint density at radius 3 is 1.95 bits per heavy atom. The number of anilines is 4. The SMILES string of the molecule is CC(C)(C)c1cccc(N2[CH-]N(c3[c-]c(Oc4[c-]c5c(cc4)c4cc(C(C)(C)C)ccc4n5-c4cc(C(C)(C)c5ccccc5)ccn4)ccc3)c3ccccc32)c1.[Pt]. The van der Waals surface area contributed by atoms with Crippen LogP contribution in [0.15, 0.2) is 146 Å². The van der Waals surface area contributed by atoms with E-state index in [4.69, 9.17) is 9.72 Å². The van der Waals surface area contributed by atoms with Crippen molar-refractivity contribution in [2.75, 3.05) is 9.80 Å². The number of rotatable bonds is 7. The van der Waals surface area contributed by atoms with Crippen LogP contribution in [0.5, 0.6) is 11.5 Å². The van der Waals surface area contributed by atoms with Crippen LogP contribution in [0.4, 0.5) is 22.7 Å². The maximum absolute atomic E-state index is 6.64. The summed E-state index contributed by atoms with van der Waals surface area (Å²) in [6.45, 7) is 20.2. The molecule has 0 aliphatic carbocycles. The van der Waals surface area contributed by atoms with Gasteiger partial charge in [-0.1, -0.05) is 128 Å². The number of benzene rings is 6. The first-order valence-electron chi connectivity index (χ1n) is 20.1. The van der Waals surface area contributed by atoms with Crippen molar-refractivity contribution in [3.05, 3.63) is 187 Å². The van der Waals surface area contributed by atoms with Crippen LogP contribution < -0.4 is 14.5 Å². The minimum absolute atomic E-state index is 0. The van der Waals surface area contributed by atoms with Crippen LogP contribution in [-0.4, -0.2) is 9.55 Å². The van der Waals surface area contributed by atoms with Gasteiger partial charge in [0.25, 0.3) is 0 Å². The molecule has 0 radical (unpaired) electrons. The molecule has 8 aromatic rings. The molecule has 300 valence electrons. The zero-order chi connectivity index (χ0) is 40.4. The van der Waals surface area contributed by atoms with Gasteiger partial charge < -0.3 is 19.1 Å². The van der Waals surface area contributed by atoms with Gasteiger partial charge >= 0.3 is 0 Å². The average molecular weight is 953 g/mol. The second-order valence-corrected chi connectivity index (χ2v) is 17.9. The van der Waals surface area contributed by atoms with Crippen LogP contribution >= 0.6 is 0 Å². The largest absolute Gasteiger partial charge is 0.509 e. The molecule has 3 heterocycles. The third-order valence-corrected chi connectivity index (χ3v) is 11.6. The fraction of sp³-hybridized carbons (Fsp3) is 0.208. The van der Waals surface area contributed by atoms with Gasteiger partial charge in [-0.2, -0.15) is 12.1 Å². The van der Waals surface area contributed by atoms with Gasteiger partial charge in [0.15, 0.2) is 0 Å². The Kier molecular flexibility index (Phi) is 10.3. The van der Waals surface area contributed by atoms with Crippen LogP contribution in [0.25, 0.3) is 27.6 Å². The number of para-hydroxylation sites is 2. The summed E-state index contributed by atoms with van der Waals surface area (Å²) in [5, 5.41) is 2.26. The summed E-state index contributed by atoms with van der Waals surface area (Å²) in [5.41, 5.74) is 11.0. The zero-order valence-corrected chi connectivity index (χ0v) is 37.2. The van der Waals surface area contributed by atoms with Gasteiger partial charge in [0.05, 0.1) is 0 Å². The van der Waals surface area contributed by atoms with Gasteiger partial charge in [-0.05, 0) is 80.9 Å². The Morgan fingerprint density at radius 1 is 0.542 bits per heavy atom. The van der Waals surface area contributed by atoms with E-state index in [1.54, 1.807) is 0 Å². The fourth-order valence-corrected chi connectivity index (χ4v) is 8.03. The maximum atomic E-state index is 6.64. The van der Waals surface area contributed by atoms with E-state index in [2.05, 4.69) is 210 Å². The van der Waals surface area contributed by atoms with E-state index in [1.165, 1.54) is 22.3 Å². The first-order chi connectivity index (χ1) is 27.8. The summed E-state index contributed by atoms with van der Waals surface area (Å²) in [6.07, 6.45) is 1.92. The first kappa shape index (κ1) is 40.2. The Labute approximate surface area is 363 Å². The molecular weight excluding hydrogens is 904 g/mol. The fourth-order valence-electron chi connectivity index (χ4n) is 8.03. The molecule has 6 heteroatoms. The van der Waals surface area contributed by atoms with Gasteiger partial charge in [0.1, 0.15) is 5.82 Å². The summed E-state index contributed by atoms with van der Waals surface area (Å²) in [6, 6.07) is 56.5. The summed E-state index contributed by atoms with van der Waals surface area (Å²) in [5.74, 6) is 2.05. The number of fused-ring (bicyclic) bond motifs is 4. The molecule has 0 unspecified atom stereocenters. The summed E-state index contributed by atoms with van der Waals surface area (Å²) in [7, 11) is 0. The predicted molar refractivity (Wildman–Crippen MR) is 240 cm³/mol. The van der Waals surface area contributed by atoms with Crippen molar-refractivity contribution >= 4 is 44.6 Å². The molecule has 0 fully saturated rings. The molecule has 59 heavy (non-hydrogen) atoms.